The van der Waals surface area contributed by atoms with E-state index in [2.05, 4.69) is 36.1 Å². The minimum Gasteiger partial charge on any atom is -0.481 e. The Labute approximate surface area is 164 Å². The molecule has 1 aliphatic heterocycles. The van der Waals surface area contributed by atoms with E-state index in [1.165, 1.54) is 5.56 Å². The average Bonchev–Trinajstić information content (AvgIpc) is 3.14. The molecule has 0 radical (unpaired) electrons. The molecule has 1 amide bonds. The molecule has 0 spiro atoms. The zero-order valence-corrected chi connectivity index (χ0v) is 16.6. The molecule has 2 aromatic rings. The van der Waals surface area contributed by atoms with Crippen LogP contribution in [0.1, 0.15) is 51.0 Å². The summed E-state index contributed by atoms with van der Waals surface area (Å²) in [5.74, 6) is 0.224. The van der Waals surface area contributed by atoms with Crippen molar-refractivity contribution in [2.75, 3.05) is 13.1 Å². The van der Waals surface area contributed by atoms with E-state index >= 15 is 0 Å². The number of piperidine rings is 1. The van der Waals surface area contributed by atoms with Gasteiger partial charge in [-0.25, -0.2) is 0 Å². The number of carbonyl (C=O) groups excluding carboxylic acids is 1. The molecule has 7 nitrogen and oxygen atoms in total. The van der Waals surface area contributed by atoms with Gasteiger partial charge in [0.05, 0.1) is 5.92 Å². The van der Waals surface area contributed by atoms with Gasteiger partial charge in [-0.3, -0.25) is 9.59 Å². The molecule has 0 aliphatic carbocycles. The average molecular weight is 385 g/mol. The van der Waals surface area contributed by atoms with Crippen molar-refractivity contribution < 1.29 is 19.2 Å². The number of likely N-dealkylation sites (tertiary alicyclic amines) is 1. The molecule has 3 rings (SSSR count). The predicted octanol–water partition coefficient (Wildman–Crippen LogP) is 3.36. The second-order valence-corrected chi connectivity index (χ2v) is 7.84. The van der Waals surface area contributed by atoms with Crippen molar-refractivity contribution in [3.05, 3.63) is 35.7 Å². The summed E-state index contributed by atoms with van der Waals surface area (Å²) >= 11 is 0. The third kappa shape index (κ3) is 4.58. The van der Waals surface area contributed by atoms with E-state index in [-0.39, 0.29) is 24.2 Å². The maximum Gasteiger partial charge on any atom is 0.306 e. The van der Waals surface area contributed by atoms with Crippen LogP contribution in [0.25, 0.3) is 11.4 Å². The van der Waals surface area contributed by atoms with E-state index < -0.39 is 5.97 Å². The number of aryl methyl sites for hydroxylation is 1. The second kappa shape index (κ2) is 8.54. The zero-order valence-electron chi connectivity index (χ0n) is 16.6. The normalized spacial score (nSPS) is 19.8. The van der Waals surface area contributed by atoms with Gasteiger partial charge >= 0.3 is 5.97 Å². The quantitative estimate of drug-likeness (QED) is 0.819. The third-order valence-corrected chi connectivity index (χ3v) is 5.43. The van der Waals surface area contributed by atoms with Gasteiger partial charge < -0.3 is 14.5 Å². The van der Waals surface area contributed by atoms with Crippen LogP contribution in [0.5, 0.6) is 0 Å². The number of nitrogens with zero attached hydrogens (tertiary/aromatic N) is 3. The van der Waals surface area contributed by atoms with Crippen LogP contribution in [0.15, 0.2) is 28.8 Å². The summed E-state index contributed by atoms with van der Waals surface area (Å²) < 4.78 is 5.29. The van der Waals surface area contributed by atoms with E-state index in [4.69, 9.17) is 4.52 Å². The summed E-state index contributed by atoms with van der Waals surface area (Å²) in [5.41, 5.74) is 2.13. The smallest absolute Gasteiger partial charge is 0.306 e. The Kier molecular flexibility index (Phi) is 6.11. The van der Waals surface area contributed by atoms with Crippen molar-refractivity contribution in [2.45, 2.75) is 46.0 Å². The fourth-order valence-corrected chi connectivity index (χ4v) is 3.60. The van der Waals surface area contributed by atoms with Gasteiger partial charge in [0.15, 0.2) is 0 Å². The summed E-state index contributed by atoms with van der Waals surface area (Å²) in [4.78, 5) is 29.8. The Morgan fingerprint density at radius 1 is 1.29 bits per heavy atom. The first kappa shape index (κ1) is 20.0. The molecule has 1 saturated heterocycles. The number of rotatable bonds is 6. The van der Waals surface area contributed by atoms with Crippen LogP contribution in [-0.4, -0.2) is 45.1 Å². The number of carboxylic acid groups (broad SMARTS) is 1. The lowest BCUT2D eigenvalue weighted by Gasteiger charge is -2.34. The van der Waals surface area contributed by atoms with Crippen LogP contribution in [0.2, 0.25) is 0 Å². The molecule has 2 unspecified atom stereocenters. The lowest BCUT2D eigenvalue weighted by molar-refractivity contribution is -0.148. The molecular formula is C21H27N3O4. The van der Waals surface area contributed by atoms with Crippen molar-refractivity contribution in [2.24, 2.45) is 11.8 Å². The molecule has 2 heterocycles. The van der Waals surface area contributed by atoms with Gasteiger partial charge in [0.1, 0.15) is 0 Å². The summed E-state index contributed by atoms with van der Waals surface area (Å²) in [7, 11) is 0. The second-order valence-electron chi connectivity index (χ2n) is 7.84. The minimum atomic E-state index is -0.778. The molecular weight excluding hydrogens is 358 g/mol. The van der Waals surface area contributed by atoms with E-state index in [1.807, 2.05) is 19.1 Å². The van der Waals surface area contributed by atoms with E-state index in [0.29, 0.717) is 43.6 Å². The van der Waals surface area contributed by atoms with Crippen LogP contribution in [0.3, 0.4) is 0 Å². The lowest BCUT2D eigenvalue weighted by Crippen LogP contribution is -2.45. The van der Waals surface area contributed by atoms with Crippen LogP contribution in [-0.2, 0) is 16.0 Å². The summed E-state index contributed by atoms with van der Waals surface area (Å²) in [6, 6.07) is 8.06. The Morgan fingerprint density at radius 2 is 2.00 bits per heavy atom. The molecule has 1 aromatic carbocycles. The standard InChI is InChI=1S/C21H27N3O4/c1-13(2)15-4-6-16(7-5-15)20-22-18(28-23-20)8-9-19(25)24-11-10-17(21(26)27)14(3)12-24/h4-7,13-14,17H,8-12H2,1-3H3,(H,26,27). The number of aliphatic carboxylic acids is 1. The molecule has 0 bridgehead atoms. The van der Waals surface area contributed by atoms with Gasteiger partial charge in [0.2, 0.25) is 17.6 Å². The third-order valence-electron chi connectivity index (χ3n) is 5.43. The highest BCUT2D eigenvalue weighted by molar-refractivity contribution is 5.77. The molecule has 1 N–H and O–H groups in total. The number of carboxylic acids is 1. The van der Waals surface area contributed by atoms with Gasteiger partial charge in [-0.05, 0) is 23.8 Å². The van der Waals surface area contributed by atoms with Crippen LogP contribution >= 0.6 is 0 Å². The van der Waals surface area contributed by atoms with Crippen molar-refractivity contribution in [3.8, 4) is 11.4 Å². The fraction of sp³-hybridized carbons (Fsp3) is 0.524. The van der Waals surface area contributed by atoms with Crippen LogP contribution in [0, 0.1) is 11.8 Å². The number of aromatic nitrogens is 2. The maximum atomic E-state index is 12.5. The van der Waals surface area contributed by atoms with Crippen molar-refractivity contribution in [1.29, 1.82) is 0 Å². The fourth-order valence-electron chi connectivity index (χ4n) is 3.60. The van der Waals surface area contributed by atoms with E-state index in [1.54, 1.807) is 4.90 Å². The Morgan fingerprint density at radius 3 is 2.61 bits per heavy atom. The number of amides is 1. The highest BCUT2D eigenvalue weighted by Gasteiger charge is 2.32. The summed E-state index contributed by atoms with van der Waals surface area (Å²) in [6.07, 6.45) is 1.15. The minimum absolute atomic E-state index is 0.00303. The lowest BCUT2D eigenvalue weighted by atomic mass is 9.87. The van der Waals surface area contributed by atoms with E-state index in [9.17, 15) is 14.7 Å². The highest BCUT2D eigenvalue weighted by Crippen LogP contribution is 2.24. The summed E-state index contributed by atoms with van der Waals surface area (Å²) in [6.45, 7) is 7.13. The first-order chi connectivity index (χ1) is 13.3. The highest BCUT2D eigenvalue weighted by atomic mass is 16.5. The van der Waals surface area contributed by atoms with Gasteiger partial charge in [0, 0.05) is 31.5 Å². The predicted molar refractivity (Wildman–Crippen MR) is 104 cm³/mol. The molecule has 7 heteroatoms. The Hall–Kier alpha value is -2.70. The van der Waals surface area contributed by atoms with Gasteiger partial charge in [0.25, 0.3) is 0 Å². The number of hydrogen-bond donors (Lipinski definition) is 1. The molecule has 28 heavy (non-hydrogen) atoms. The molecule has 2 atom stereocenters. The Balaban J connectivity index is 1.54. The Bertz CT molecular complexity index is 828. The van der Waals surface area contributed by atoms with Crippen molar-refractivity contribution >= 4 is 11.9 Å². The first-order valence-corrected chi connectivity index (χ1v) is 9.78. The van der Waals surface area contributed by atoms with Crippen molar-refractivity contribution in [3.63, 3.8) is 0 Å². The monoisotopic (exact) mass is 385 g/mol. The van der Waals surface area contributed by atoms with Crippen LogP contribution in [0.4, 0.5) is 0 Å². The molecule has 150 valence electrons. The van der Waals surface area contributed by atoms with Gasteiger partial charge in [-0.1, -0.05) is 50.2 Å². The van der Waals surface area contributed by atoms with E-state index in [0.717, 1.165) is 5.56 Å². The largest absolute Gasteiger partial charge is 0.481 e. The molecule has 0 saturated carbocycles. The summed E-state index contributed by atoms with van der Waals surface area (Å²) in [5, 5.41) is 13.2. The van der Waals surface area contributed by atoms with Crippen molar-refractivity contribution in [1.82, 2.24) is 15.0 Å². The molecule has 1 aliphatic rings. The van der Waals surface area contributed by atoms with Gasteiger partial charge in [-0.2, -0.15) is 4.98 Å². The number of hydrogen-bond acceptors (Lipinski definition) is 5. The zero-order chi connectivity index (χ0) is 20.3. The SMILES string of the molecule is CC(C)c1ccc(-c2noc(CCC(=O)N3CCC(C(=O)O)C(C)C3)n2)cc1. The maximum absolute atomic E-state index is 12.5. The first-order valence-electron chi connectivity index (χ1n) is 9.78. The van der Waals surface area contributed by atoms with Crippen LogP contribution < -0.4 is 0 Å². The van der Waals surface area contributed by atoms with Gasteiger partial charge in [-0.15, -0.1) is 0 Å². The molecule has 1 fully saturated rings. The number of carbonyl (C=O) groups is 2. The number of benzene rings is 1. The topological polar surface area (TPSA) is 96.5 Å². The molecule has 1 aromatic heterocycles.